The van der Waals surface area contributed by atoms with Gasteiger partial charge in [0.15, 0.2) is 0 Å². The molecule has 0 spiro atoms. The second-order valence-corrected chi connectivity index (χ2v) is 7.95. The van der Waals surface area contributed by atoms with Gasteiger partial charge in [-0.05, 0) is 30.7 Å². The van der Waals surface area contributed by atoms with Crippen LogP contribution in [0.4, 0.5) is 5.95 Å². The third kappa shape index (κ3) is 7.05. The molecule has 172 valence electrons. The fourth-order valence-corrected chi connectivity index (χ4v) is 3.72. The molecule has 11 heteroatoms. The van der Waals surface area contributed by atoms with Crippen LogP contribution in [0.5, 0.6) is 0 Å². The zero-order chi connectivity index (χ0) is 23.5. The molecule has 0 saturated heterocycles. The van der Waals surface area contributed by atoms with Crippen molar-refractivity contribution in [3.63, 3.8) is 0 Å². The molecule has 0 aliphatic carbocycles. The number of hydrogen-bond acceptors (Lipinski definition) is 10. The second-order valence-electron chi connectivity index (χ2n) is 7.07. The Morgan fingerprint density at radius 3 is 2.81 bits per heavy atom. The lowest BCUT2D eigenvalue weighted by Crippen LogP contribution is -2.42. The average Bonchev–Trinajstić information content (AvgIpc) is 3.28. The van der Waals surface area contributed by atoms with E-state index >= 15 is 0 Å². The van der Waals surface area contributed by atoms with Gasteiger partial charge >= 0.3 is 0 Å². The third-order valence-corrected chi connectivity index (χ3v) is 5.36. The summed E-state index contributed by atoms with van der Waals surface area (Å²) in [4.78, 5) is 33.5. The van der Waals surface area contributed by atoms with Gasteiger partial charge in [0.1, 0.15) is 24.9 Å². The smallest absolute Gasteiger partial charge is 0.255 e. The number of nitrogens with one attached hydrogen (secondary N) is 2. The molecule has 1 aliphatic heterocycles. The second kappa shape index (κ2) is 12.8. The molecule has 3 N–H and O–H groups in total. The summed E-state index contributed by atoms with van der Waals surface area (Å²) in [5, 5.41) is 27.8. The molecule has 0 fully saturated rings. The van der Waals surface area contributed by atoms with Gasteiger partial charge in [0, 0.05) is 31.6 Å². The molecule has 0 atom stereocenters. The van der Waals surface area contributed by atoms with E-state index in [9.17, 15) is 14.9 Å². The van der Waals surface area contributed by atoms with Crippen LogP contribution in [0, 0.1) is 17.2 Å². The van der Waals surface area contributed by atoms with Crippen LogP contribution in [0.25, 0.3) is 5.57 Å². The minimum absolute atomic E-state index is 0.121. The first kappa shape index (κ1) is 25.3. The fraction of sp³-hybridized carbons (Fsp3) is 0.476. The summed E-state index contributed by atoms with van der Waals surface area (Å²) in [6.45, 7) is 5.78. The summed E-state index contributed by atoms with van der Waals surface area (Å²) in [6, 6.07) is 3.87. The van der Waals surface area contributed by atoms with Crippen molar-refractivity contribution >= 4 is 35.1 Å². The largest absolute Gasteiger partial charge is 0.387 e. The first-order valence-electron chi connectivity index (χ1n) is 10.3. The van der Waals surface area contributed by atoms with Gasteiger partial charge in [-0.25, -0.2) is 9.97 Å². The van der Waals surface area contributed by atoms with Crippen LogP contribution >= 0.6 is 11.8 Å². The predicted octanol–water partition coefficient (Wildman–Crippen LogP) is 1.69. The minimum atomic E-state index is -0.749. The summed E-state index contributed by atoms with van der Waals surface area (Å²) in [7, 11) is 0. The molecule has 2 rings (SSSR count). The summed E-state index contributed by atoms with van der Waals surface area (Å²) in [5.41, 5.74) is 1.96. The maximum atomic E-state index is 12.1. The van der Waals surface area contributed by atoms with Gasteiger partial charge in [-0.15, -0.1) is 0 Å². The van der Waals surface area contributed by atoms with E-state index in [1.54, 1.807) is 19.2 Å². The Kier molecular flexibility index (Phi) is 10.1. The van der Waals surface area contributed by atoms with Crippen LogP contribution in [-0.4, -0.2) is 64.7 Å². The van der Waals surface area contributed by atoms with Crippen molar-refractivity contribution in [3.8, 4) is 6.07 Å². The fourth-order valence-electron chi connectivity index (χ4n) is 2.70. The molecule has 2 amide bonds. The Labute approximate surface area is 191 Å². The van der Waals surface area contributed by atoms with Crippen LogP contribution in [0.1, 0.15) is 32.9 Å². The maximum absolute atomic E-state index is 12.1. The van der Waals surface area contributed by atoms with Gasteiger partial charge in [0.05, 0.1) is 10.7 Å². The van der Waals surface area contributed by atoms with Gasteiger partial charge in [-0.3, -0.25) is 14.5 Å². The molecule has 2 heterocycles. The number of carbonyl (C=O) groups is 2. The molecule has 1 aliphatic rings. The first-order valence-corrected chi connectivity index (χ1v) is 11.2. The lowest BCUT2D eigenvalue weighted by molar-refractivity contribution is -0.149. The molecule has 32 heavy (non-hydrogen) atoms. The number of hydrogen-bond donors (Lipinski definition) is 3. The number of rotatable bonds is 11. The van der Waals surface area contributed by atoms with E-state index in [-0.39, 0.29) is 13.2 Å². The molecule has 0 saturated carbocycles. The standard InChI is InChI=1S/C21H28N6O4S/c1-4-31-12-19(30)27(18(29)11-28)9-5-7-23-21-24-8-6-16(26-21)15(10-22)20-25-17(13-32-20)14(2)3/h6,8,13-14,25,28H,4-5,7,9,11-12H2,1-3H3,(H,23,24,26). The molecule has 1 aromatic heterocycles. The van der Waals surface area contributed by atoms with E-state index in [2.05, 4.69) is 40.5 Å². The van der Waals surface area contributed by atoms with Gasteiger partial charge in [0.2, 0.25) is 5.95 Å². The van der Waals surface area contributed by atoms with Crippen molar-refractivity contribution < 1.29 is 19.4 Å². The summed E-state index contributed by atoms with van der Waals surface area (Å²) in [5.74, 6) is -0.517. The molecule has 0 radical (unpaired) electrons. The van der Waals surface area contributed by atoms with Gasteiger partial charge in [-0.1, -0.05) is 25.6 Å². The highest BCUT2D eigenvalue weighted by Gasteiger charge is 2.21. The van der Waals surface area contributed by atoms with E-state index in [0.717, 1.165) is 15.6 Å². The number of allylic oxidation sites excluding steroid dienone is 2. The normalized spacial score (nSPS) is 14.4. The molecule has 1 aromatic rings. The summed E-state index contributed by atoms with van der Waals surface area (Å²) in [6.07, 6.45) is 1.98. The van der Waals surface area contributed by atoms with E-state index in [1.807, 2.05) is 5.41 Å². The highest BCUT2D eigenvalue weighted by molar-refractivity contribution is 8.06. The van der Waals surface area contributed by atoms with Crippen molar-refractivity contribution in [2.75, 3.05) is 38.2 Å². The number of imide groups is 1. The van der Waals surface area contributed by atoms with Gasteiger partial charge in [-0.2, -0.15) is 5.26 Å². The van der Waals surface area contributed by atoms with E-state index in [1.165, 1.54) is 11.8 Å². The van der Waals surface area contributed by atoms with E-state index in [0.29, 0.717) is 42.7 Å². The van der Waals surface area contributed by atoms with Crippen molar-refractivity contribution in [1.29, 1.82) is 5.26 Å². The monoisotopic (exact) mass is 460 g/mol. The quantitative estimate of drug-likeness (QED) is 0.330. The van der Waals surface area contributed by atoms with E-state index < -0.39 is 18.4 Å². The Balaban J connectivity index is 1.97. The highest BCUT2D eigenvalue weighted by atomic mass is 32.2. The number of thioether (sulfide) groups is 1. The van der Waals surface area contributed by atoms with Crippen LogP contribution < -0.4 is 10.6 Å². The van der Waals surface area contributed by atoms with Crippen molar-refractivity contribution in [2.45, 2.75) is 27.2 Å². The predicted molar refractivity (Wildman–Crippen MR) is 122 cm³/mol. The number of anilines is 1. The third-order valence-electron chi connectivity index (χ3n) is 4.44. The SMILES string of the molecule is CCOCC(=O)N(CCCNc1nccc(C(C#N)=C2NC(C(C)C)=CS2)n1)C(=O)CO. The van der Waals surface area contributed by atoms with E-state index in [4.69, 9.17) is 9.84 Å². The Morgan fingerprint density at radius 1 is 1.41 bits per heavy atom. The number of aliphatic hydroxyl groups is 1. The van der Waals surface area contributed by atoms with Gasteiger partial charge in [0.25, 0.3) is 11.8 Å². The Hall–Kier alpha value is -2.94. The Bertz CT molecular complexity index is 925. The van der Waals surface area contributed by atoms with Crippen molar-refractivity contribution in [2.24, 2.45) is 5.92 Å². The molecule has 0 bridgehead atoms. The molecule has 10 nitrogen and oxygen atoms in total. The summed E-state index contributed by atoms with van der Waals surface area (Å²) < 4.78 is 5.05. The molecular weight excluding hydrogens is 432 g/mol. The molecular formula is C21H28N6O4S. The number of carbonyl (C=O) groups excluding carboxylic acids is 2. The zero-order valence-electron chi connectivity index (χ0n) is 18.4. The zero-order valence-corrected chi connectivity index (χ0v) is 19.2. The van der Waals surface area contributed by atoms with Crippen LogP contribution in [0.2, 0.25) is 0 Å². The van der Waals surface area contributed by atoms with Crippen molar-refractivity contribution in [3.05, 3.63) is 34.1 Å². The maximum Gasteiger partial charge on any atom is 0.255 e. The van der Waals surface area contributed by atoms with Gasteiger partial charge < -0.3 is 20.5 Å². The number of ether oxygens (including phenoxy) is 1. The number of nitriles is 1. The number of nitrogens with zero attached hydrogens (tertiary/aromatic N) is 4. The Morgan fingerprint density at radius 2 is 2.19 bits per heavy atom. The molecule has 0 unspecified atom stereocenters. The topological polar surface area (TPSA) is 140 Å². The molecule has 0 aromatic carbocycles. The lowest BCUT2D eigenvalue weighted by atomic mass is 10.1. The first-order chi connectivity index (χ1) is 15.4. The number of amides is 2. The number of aromatic nitrogens is 2. The minimum Gasteiger partial charge on any atom is -0.387 e. The van der Waals surface area contributed by atoms with Crippen LogP contribution in [-0.2, 0) is 14.3 Å². The van der Waals surface area contributed by atoms with Crippen molar-refractivity contribution in [1.82, 2.24) is 20.2 Å². The van der Waals surface area contributed by atoms with Crippen LogP contribution in [0.15, 0.2) is 28.4 Å². The highest BCUT2D eigenvalue weighted by Crippen LogP contribution is 2.33. The average molecular weight is 461 g/mol. The number of aliphatic hydroxyl groups excluding tert-OH is 1. The van der Waals surface area contributed by atoms with Crippen LogP contribution in [0.3, 0.4) is 0 Å². The lowest BCUT2D eigenvalue weighted by Gasteiger charge is -2.20. The summed E-state index contributed by atoms with van der Waals surface area (Å²) >= 11 is 1.45.